The maximum atomic E-state index is 10.7. The lowest BCUT2D eigenvalue weighted by Gasteiger charge is -1.95. The number of nitro groups is 1. The average molecular weight is 365 g/mol. The van der Waals surface area contributed by atoms with Crippen molar-refractivity contribution in [3.8, 4) is 11.3 Å². The first kappa shape index (κ1) is 12.1. The highest BCUT2D eigenvalue weighted by Gasteiger charge is 2.09. The molecule has 0 fully saturated rings. The summed E-state index contributed by atoms with van der Waals surface area (Å²) in [5.74, 6) is 0. The van der Waals surface area contributed by atoms with Crippen LogP contribution in [-0.2, 0) is 0 Å². The molecule has 0 amide bonds. The van der Waals surface area contributed by atoms with Crippen molar-refractivity contribution in [3.63, 3.8) is 0 Å². The van der Waals surface area contributed by atoms with Gasteiger partial charge in [0.05, 0.1) is 16.8 Å². The second-order valence-electron chi connectivity index (χ2n) is 4.04. The Bertz CT molecular complexity index is 765. The average Bonchev–Trinajstić information content (AvgIpc) is 2.82. The van der Waals surface area contributed by atoms with Crippen LogP contribution in [-0.4, -0.2) is 14.3 Å². The molecule has 0 radical (unpaired) electrons. The predicted octanol–water partition coefficient (Wildman–Crippen LogP) is 3.51. The number of rotatable bonds is 2. The highest BCUT2D eigenvalue weighted by molar-refractivity contribution is 14.1. The maximum Gasteiger partial charge on any atom is 0.286 e. The zero-order chi connectivity index (χ0) is 13.4. The van der Waals surface area contributed by atoms with Gasteiger partial charge >= 0.3 is 0 Å². The third-order valence-corrected chi connectivity index (χ3v) is 3.51. The fourth-order valence-corrected chi connectivity index (χ4v) is 2.21. The number of halogens is 1. The molecule has 2 heterocycles. The van der Waals surface area contributed by atoms with Crippen LogP contribution in [0.2, 0.25) is 0 Å². The van der Waals surface area contributed by atoms with Gasteiger partial charge in [-0.2, -0.15) is 0 Å². The standard InChI is InChI=1S/C13H8IN3O2/c14-10-3-1-9(2-4-10)12-8-16-7-11(17(18)19)5-6-13(16)15-12/h1-8H. The summed E-state index contributed by atoms with van der Waals surface area (Å²) in [4.78, 5) is 14.8. The summed E-state index contributed by atoms with van der Waals surface area (Å²) in [7, 11) is 0. The minimum atomic E-state index is -0.413. The Morgan fingerprint density at radius 1 is 1.11 bits per heavy atom. The van der Waals surface area contributed by atoms with Gasteiger partial charge in [-0.25, -0.2) is 4.98 Å². The van der Waals surface area contributed by atoms with Crippen LogP contribution in [0, 0.1) is 13.7 Å². The smallest absolute Gasteiger partial charge is 0.286 e. The van der Waals surface area contributed by atoms with E-state index in [2.05, 4.69) is 27.6 Å². The Morgan fingerprint density at radius 2 is 1.84 bits per heavy atom. The lowest BCUT2D eigenvalue weighted by Crippen LogP contribution is -1.90. The summed E-state index contributed by atoms with van der Waals surface area (Å²) in [6.07, 6.45) is 3.27. The van der Waals surface area contributed by atoms with Gasteiger partial charge in [-0.05, 0) is 40.8 Å². The normalized spacial score (nSPS) is 10.8. The van der Waals surface area contributed by atoms with Crippen molar-refractivity contribution in [2.24, 2.45) is 0 Å². The summed E-state index contributed by atoms with van der Waals surface area (Å²) in [6.45, 7) is 0. The van der Waals surface area contributed by atoms with E-state index in [9.17, 15) is 10.1 Å². The van der Waals surface area contributed by atoms with Crippen LogP contribution >= 0.6 is 22.6 Å². The van der Waals surface area contributed by atoms with Crippen LogP contribution in [0.3, 0.4) is 0 Å². The molecule has 0 aliphatic heterocycles. The van der Waals surface area contributed by atoms with Crippen LogP contribution in [0.25, 0.3) is 16.9 Å². The van der Waals surface area contributed by atoms with Crippen LogP contribution in [0.15, 0.2) is 48.8 Å². The molecule has 0 spiro atoms. The van der Waals surface area contributed by atoms with Crippen LogP contribution in [0.1, 0.15) is 0 Å². The number of nitrogens with zero attached hydrogens (tertiary/aromatic N) is 3. The molecule has 0 bridgehead atoms. The maximum absolute atomic E-state index is 10.7. The Kier molecular flexibility index (Phi) is 2.94. The van der Waals surface area contributed by atoms with Gasteiger partial charge in [0, 0.05) is 21.4 Å². The third-order valence-electron chi connectivity index (χ3n) is 2.79. The van der Waals surface area contributed by atoms with E-state index >= 15 is 0 Å². The molecule has 0 N–H and O–H groups in total. The number of hydrogen-bond acceptors (Lipinski definition) is 3. The SMILES string of the molecule is O=[N+]([O-])c1ccc2nc(-c3ccc(I)cc3)cn2c1. The van der Waals surface area contributed by atoms with Gasteiger partial charge in [0.1, 0.15) is 5.65 Å². The molecule has 19 heavy (non-hydrogen) atoms. The van der Waals surface area contributed by atoms with Crippen molar-refractivity contribution in [1.82, 2.24) is 9.38 Å². The number of imidazole rings is 1. The topological polar surface area (TPSA) is 60.4 Å². The van der Waals surface area contributed by atoms with E-state index in [0.717, 1.165) is 14.8 Å². The van der Waals surface area contributed by atoms with Crippen molar-refractivity contribution in [1.29, 1.82) is 0 Å². The van der Waals surface area contributed by atoms with E-state index in [1.807, 2.05) is 24.3 Å². The molecular formula is C13H8IN3O2. The second-order valence-corrected chi connectivity index (χ2v) is 5.29. The highest BCUT2D eigenvalue weighted by Crippen LogP contribution is 2.21. The van der Waals surface area contributed by atoms with Gasteiger partial charge in [0.2, 0.25) is 0 Å². The zero-order valence-electron chi connectivity index (χ0n) is 9.65. The summed E-state index contributed by atoms with van der Waals surface area (Å²) < 4.78 is 2.83. The number of hydrogen-bond donors (Lipinski definition) is 0. The quantitative estimate of drug-likeness (QED) is 0.397. The van der Waals surface area contributed by atoms with Gasteiger partial charge in [-0.15, -0.1) is 0 Å². The Labute approximate surface area is 122 Å². The number of benzene rings is 1. The minimum Gasteiger partial charge on any atom is -0.300 e. The molecule has 0 aliphatic carbocycles. The van der Waals surface area contributed by atoms with Gasteiger partial charge in [0.25, 0.3) is 5.69 Å². The van der Waals surface area contributed by atoms with Crippen molar-refractivity contribution < 1.29 is 4.92 Å². The fourth-order valence-electron chi connectivity index (χ4n) is 1.85. The summed E-state index contributed by atoms with van der Waals surface area (Å²) in [6, 6.07) is 11.1. The van der Waals surface area contributed by atoms with Crippen LogP contribution < -0.4 is 0 Å². The molecule has 0 atom stereocenters. The molecule has 0 aliphatic rings. The molecule has 2 aromatic heterocycles. The number of pyridine rings is 1. The summed E-state index contributed by atoms with van der Waals surface area (Å²) >= 11 is 2.24. The van der Waals surface area contributed by atoms with Crippen LogP contribution in [0.4, 0.5) is 5.69 Å². The van der Waals surface area contributed by atoms with Crippen molar-refractivity contribution in [2.45, 2.75) is 0 Å². The predicted molar refractivity (Wildman–Crippen MR) is 80.0 cm³/mol. The fraction of sp³-hybridized carbons (Fsp3) is 0. The molecule has 94 valence electrons. The molecule has 0 unspecified atom stereocenters. The van der Waals surface area contributed by atoms with Gasteiger partial charge in [0.15, 0.2) is 0 Å². The Balaban J connectivity index is 2.11. The molecule has 0 saturated carbocycles. The first-order chi connectivity index (χ1) is 9.13. The van der Waals surface area contributed by atoms with Crippen molar-refractivity contribution >= 4 is 33.9 Å². The largest absolute Gasteiger partial charge is 0.300 e. The second kappa shape index (κ2) is 4.61. The molecule has 3 aromatic rings. The van der Waals surface area contributed by atoms with Crippen LogP contribution in [0.5, 0.6) is 0 Å². The van der Waals surface area contributed by atoms with Gasteiger partial charge in [-0.1, -0.05) is 12.1 Å². The Hall–Kier alpha value is -1.96. The monoisotopic (exact) mass is 365 g/mol. The Morgan fingerprint density at radius 3 is 2.53 bits per heavy atom. The highest BCUT2D eigenvalue weighted by atomic mass is 127. The van der Waals surface area contributed by atoms with E-state index < -0.39 is 4.92 Å². The van der Waals surface area contributed by atoms with E-state index in [0.29, 0.717) is 5.65 Å². The van der Waals surface area contributed by atoms with Crippen molar-refractivity contribution in [2.75, 3.05) is 0 Å². The third kappa shape index (κ3) is 2.30. The van der Waals surface area contributed by atoms with E-state index in [-0.39, 0.29) is 5.69 Å². The van der Waals surface area contributed by atoms with Crippen molar-refractivity contribution in [3.05, 3.63) is 62.5 Å². The lowest BCUT2D eigenvalue weighted by molar-refractivity contribution is -0.385. The van der Waals surface area contributed by atoms with E-state index in [1.54, 1.807) is 16.7 Å². The molecule has 3 rings (SSSR count). The van der Waals surface area contributed by atoms with E-state index in [4.69, 9.17) is 0 Å². The first-order valence-electron chi connectivity index (χ1n) is 5.52. The minimum absolute atomic E-state index is 0.0547. The molecule has 0 saturated heterocycles. The molecular weight excluding hydrogens is 357 g/mol. The number of aromatic nitrogens is 2. The zero-order valence-corrected chi connectivity index (χ0v) is 11.8. The van der Waals surface area contributed by atoms with Gasteiger partial charge < -0.3 is 0 Å². The molecule has 5 nitrogen and oxygen atoms in total. The lowest BCUT2D eigenvalue weighted by atomic mass is 10.2. The molecule has 1 aromatic carbocycles. The summed E-state index contributed by atoms with van der Waals surface area (Å²) in [5.41, 5.74) is 2.54. The molecule has 6 heteroatoms. The number of fused-ring (bicyclic) bond motifs is 1. The summed E-state index contributed by atoms with van der Waals surface area (Å²) in [5, 5.41) is 10.7. The first-order valence-corrected chi connectivity index (χ1v) is 6.60. The van der Waals surface area contributed by atoms with E-state index in [1.165, 1.54) is 12.3 Å². The van der Waals surface area contributed by atoms with Gasteiger partial charge in [-0.3, -0.25) is 14.5 Å².